The third-order valence-corrected chi connectivity index (χ3v) is 2.02. The van der Waals surface area contributed by atoms with Gasteiger partial charge < -0.3 is 0 Å². The lowest BCUT2D eigenvalue weighted by atomic mass is 10.1. The van der Waals surface area contributed by atoms with Crippen LogP contribution in [0.2, 0.25) is 5.02 Å². The fourth-order valence-corrected chi connectivity index (χ4v) is 1.34. The van der Waals surface area contributed by atoms with Crippen molar-refractivity contribution in [1.29, 1.82) is 0 Å². The molecule has 1 rings (SSSR count). The fraction of sp³-hybridized carbons (Fsp3) is 0.455. The molecular weight excluding hydrogens is 210 g/mol. The second-order valence-corrected chi connectivity index (χ2v) is 4.35. The summed E-state index contributed by atoms with van der Waals surface area (Å²) in [7, 11) is 0. The van der Waals surface area contributed by atoms with Gasteiger partial charge in [-0.2, -0.15) is 5.10 Å². The third-order valence-electron chi connectivity index (χ3n) is 1.79. The Balaban J connectivity index is 2.52. The van der Waals surface area contributed by atoms with E-state index in [1.54, 1.807) is 18.3 Å². The number of halogens is 1. The van der Waals surface area contributed by atoms with Crippen molar-refractivity contribution in [3.05, 3.63) is 23.4 Å². The maximum absolute atomic E-state index is 5.72. The summed E-state index contributed by atoms with van der Waals surface area (Å²) in [6.45, 7) is 6.34. The van der Waals surface area contributed by atoms with E-state index in [1.165, 1.54) is 0 Å². The monoisotopic (exact) mass is 225 g/mol. The zero-order valence-corrected chi connectivity index (χ0v) is 10.0. The average Bonchev–Trinajstić information content (AvgIpc) is 2.16. The standard InChI is InChI=1S/C11H16ClN3/c1-8(2)6-9(3)14-15-11-5-4-10(12)7-13-11/h4-5,7-8H,6H2,1-3H3,(H,13,15). The normalized spacial score (nSPS) is 11.9. The van der Waals surface area contributed by atoms with E-state index in [9.17, 15) is 0 Å². The maximum atomic E-state index is 5.72. The smallest absolute Gasteiger partial charge is 0.146 e. The Kier molecular flexibility index (Phi) is 4.56. The van der Waals surface area contributed by atoms with E-state index >= 15 is 0 Å². The lowest BCUT2D eigenvalue weighted by Gasteiger charge is -2.04. The van der Waals surface area contributed by atoms with Crippen molar-refractivity contribution in [3.8, 4) is 0 Å². The Bertz CT molecular complexity index is 330. The number of anilines is 1. The highest BCUT2D eigenvalue weighted by Gasteiger charge is 1.97. The van der Waals surface area contributed by atoms with Crippen LogP contribution in [0.5, 0.6) is 0 Å². The summed E-state index contributed by atoms with van der Waals surface area (Å²) in [5.41, 5.74) is 3.97. The van der Waals surface area contributed by atoms with E-state index in [2.05, 4.69) is 29.4 Å². The minimum absolute atomic E-state index is 0.619. The summed E-state index contributed by atoms with van der Waals surface area (Å²) < 4.78 is 0. The second-order valence-electron chi connectivity index (χ2n) is 3.92. The van der Waals surface area contributed by atoms with Crippen LogP contribution < -0.4 is 5.43 Å². The maximum Gasteiger partial charge on any atom is 0.146 e. The molecule has 0 aromatic carbocycles. The first-order chi connectivity index (χ1) is 7.08. The van der Waals surface area contributed by atoms with Crippen LogP contribution in [-0.4, -0.2) is 10.7 Å². The van der Waals surface area contributed by atoms with Crippen LogP contribution in [-0.2, 0) is 0 Å². The van der Waals surface area contributed by atoms with Gasteiger partial charge in [0.1, 0.15) is 5.82 Å². The van der Waals surface area contributed by atoms with Gasteiger partial charge in [0.15, 0.2) is 0 Å². The molecule has 0 amide bonds. The molecule has 82 valence electrons. The molecule has 15 heavy (non-hydrogen) atoms. The molecule has 1 aromatic rings. The van der Waals surface area contributed by atoms with Crippen molar-refractivity contribution >= 4 is 23.1 Å². The van der Waals surface area contributed by atoms with E-state index in [-0.39, 0.29) is 0 Å². The highest BCUT2D eigenvalue weighted by Crippen LogP contribution is 2.09. The van der Waals surface area contributed by atoms with Gasteiger partial charge in [-0.05, 0) is 31.4 Å². The number of hydrogen-bond donors (Lipinski definition) is 1. The number of hydrazone groups is 1. The molecule has 4 heteroatoms. The van der Waals surface area contributed by atoms with E-state index in [4.69, 9.17) is 11.6 Å². The SMILES string of the molecule is CC(CC(C)C)=NNc1ccc(Cl)cn1. The van der Waals surface area contributed by atoms with Crippen LogP contribution in [0.4, 0.5) is 5.82 Å². The van der Waals surface area contributed by atoms with Crippen molar-refractivity contribution in [2.24, 2.45) is 11.0 Å². The number of aromatic nitrogens is 1. The molecule has 0 aliphatic rings. The number of pyridine rings is 1. The molecule has 1 N–H and O–H groups in total. The molecule has 0 radical (unpaired) electrons. The minimum atomic E-state index is 0.619. The minimum Gasteiger partial charge on any atom is -0.261 e. The van der Waals surface area contributed by atoms with E-state index < -0.39 is 0 Å². The van der Waals surface area contributed by atoms with Crippen LogP contribution in [0.1, 0.15) is 27.2 Å². The molecule has 0 aliphatic carbocycles. The zero-order valence-electron chi connectivity index (χ0n) is 9.29. The largest absolute Gasteiger partial charge is 0.261 e. The molecule has 1 heterocycles. The summed E-state index contributed by atoms with van der Waals surface area (Å²) in [4.78, 5) is 4.08. The van der Waals surface area contributed by atoms with E-state index in [0.29, 0.717) is 16.8 Å². The molecule has 0 unspecified atom stereocenters. The van der Waals surface area contributed by atoms with Crippen molar-refractivity contribution in [3.63, 3.8) is 0 Å². The van der Waals surface area contributed by atoms with Gasteiger partial charge in [-0.1, -0.05) is 25.4 Å². The molecule has 1 aromatic heterocycles. The lowest BCUT2D eigenvalue weighted by Crippen LogP contribution is -2.02. The Morgan fingerprint density at radius 1 is 1.53 bits per heavy atom. The fourth-order valence-electron chi connectivity index (χ4n) is 1.23. The van der Waals surface area contributed by atoms with Crippen LogP contribution in [0.3, 0.4) is 0 Å². The highest BCUT2D eigenvalue weighted by atomic mass is 35.5. The second kappa shape index (κ2) is 5.71. The van der Waals surface area contributed by atoms with Gasteiger partial charge in [0.2, 0.25) is 0 Å². The van der Waals surface area contributed by atoms with Gasteiger partial charge in [0, 0.05) is 11.9 Å². The topological polar surface area (TPSA) is 37.3 Å². The zero-order chi connectivity index (χ0) is 11.3. The van der Waals surface area contributed by atoms with Crippen LogP contribution in [0.15, 0.2) is 23.4 Å². The number of nitrogens with one attached hydrogen (secondary N) is 1. The first-order valence-electron chi connectivity index (χ1n) is 4.98. The predicted octanol–water partition coefficient (Wildman–Crippen LogP) is 3.57. The lowest BCUT2D eigenvalue weighted by molar-refractivity contribution is 0.681. The van der Waals surface area contributed by atoms with Gasteiger partial charge in [-0.15, -0.1) is 0 Å². The first kappa shape index (κ1) is 12.0. The van der Waals surface area contributed by atoms with Gasteiger partial charge >= 0.3 is 0 Å². The quantitative estimate of drug-likeness (QED) is 0.628. The van der Waals surface area contributed by atoms with Crippen molar-refractivity contribution in [2.45, 2.75) is 27.2 Å². The summed E-state index contributed by atoms with van der Waals surface area (Å²) in [6, 6.07) is 3.58. The molecule has 0 fully saturated rings. The Morgan fingerprint density at radius 3 is 2.80 bits per heavy atom. The van der Waals surface area contributed by atoms with Crippen LogP contribution in [0, 0.1) is 5.92 Å². The van der Waals surface area contributed by atoms with Crippen molar-refractivity contribution in [1.82, 2.24) is 4.98 Å². The molecule has 0 spiro atoms. The Morgan fingerprint density at radius 2 is 2.27 bits per heavy atom. The third kappa shape index (κ3) is 4.79. The molecule has 0 saturated heterocycles. The van der Waals surface area contributed by atoms with Crippen LogP contribution in [0.25, 0.3) is 0 Å². The van der Waals surface area contributed by atoms with Crippen molar-refractivity contribution in [2.75, 3.05) is 5.43 Å². The molecule has 0 aliphatic heterocycles. The summed E-state index contributed by atoms with van der Waals surface area (Å²) >= 11 is 5.72. The molecular formula is C11H16ClN3. The van der Waals surface area contributed by atoms with E-state index in [0.717, 1.165) is 12.1 Å². The van der Waals surface area contributed by atoms with Gasteiger partial charge in [-0.3, -0.25) is 5.43 Å². The highest BCUT2D eigenvalue weighted by molar-refractivity contribution is 6.30. The number of nitrogens with zero attached hydrogens (tertiary/aromatic N) is 2. The number of rotatable bonds is 4. The summed E-state index contributed by atoms with van der Waals surface area (Å²) in [6.07, 6.45) is 2.58. The summed E-state index contributed by atoms with van der Waals surface area (Å²) in [5, 5.41) is 4.85. The molecule has 0 atom stereocenters. The molecule has 0 saturated carbocycles. The van der Waals surface area contributed by atoms with Gasteiger partial charge in [-0.25, -0.2) is 4.98 Å². The average molecular weight is 226 g/mol. The first-order valence-corrected chi connectivity index (χ1v) is 5.36. The predicted molar refractivity (Wildman–Crippen MR) is 65.4 cm³/mol. The van der Waals surface area contributed by atoms with Crippen molar-refractivity contribution < 1.29 is 0 Å². The van der Waals surface area contributed by atoms with Crippen LogP contribution >= 0.6 is 11.6 Å². The van der Waals surface area contributed by atoms with Gasteiger partial charge in [0.05, 0.1) is 5.02 Å². The van der Waals surface area contributed by atoms with Gasteiger partial charge in [0.25, 0.3) is 0 Å². The Labute approximate surface area is 95.6 Å². The number of hydrogen-bond acceptors (Lipinski definition) is 3. The molecule has 3 nitrogen and oxygen atoms in total. The summed E-state index contributed by atoms with van der Waals surface area (Å²) in [5.74, 6) is 1.33. The van der Waals surface area contributed by atoms with E-state index in [1.807, 2.05) is 6.92 Å². The Hall–Kier alpha value is -1.09. The molecule has 0 bridgehead atoms.